The Bertz CT molecular complexity index is 730. The summed E-state index contributed by atoms with van der Waals surface area (Å²) in [6.45, 7) is 2.96. The fraction of sp³-hybridized carbons (Fsp3) is 0.353. The summed E-state index contributed by atoms with van der Waals surface area (Å²) in [5.74, 6) is -2.79. The molecule has 0 spiro atoms. The second-order valence-corrected chi connectivity index (χ2v) is 6.33. The zero-order valence-electron chi connectivity index (χ0n) is 13.9. The SMILES string of the molecule is CC1(C)OC(=O)C(=CNc2cccc(NC(=O)NC3CC3)c2)C(=O)O1. The molecule has 2 amide bonds. The number of carbonyl (C=O) groups is 3. The van der Waals surface area contributed by atoms with E-state index >= 15 is 0 Å². The van der Waals surface area contributed by atoms with Crippen molar-refractivity contribution >= 4 is 29.3 Å². The van der Waals surface area contributed by atoms with Crippen molar-refractivity contribution in [3.8, 4) is 0 Å². The lowest BCUT2D eigenvalue weighted by Gasteiger charge is -2.29. The summed E-state index contributed by atoms with van der Waals surface area (Å²) in [5.41, 5.74) is 0.933. The fourth-order valence-electron chi connectivity index (χ4n) is 2.20. The second-order valence-electron chi connectivity index (χ2n) is 6.33. The number of amides is 2. The molecule has 1 saturated carbocycles. The molecule has 0 unspecified atom stereocenters. The zero-order chi connectivity index (χ0) is 18.0. The third-order valence-corrected chi connectivity index (χ3v) is 3.53. The van der Waals surface area contributed by atoms with Gasteiger partial charge in [-0.3, -0.25) is 0 Å². The smallest absolute Gasteiger partial charge is 0.350 e. The largest absolute Gasteiger partial charge is 0.419 e. The second kappa shape index (κ2) is 6.46. The molecule has 1 aliphatic carbocycles. The molecule has 8 nitrogen and oxygen atoms in total. The van der Waals surface area contributed by atoms with E-state index in [-0.39, 0.29) is 17.6 Å². The maximum atomic E-state index is 11.9. The van der Waals surface area contributed by atoms with Gasteiger partial charge < -0.3 is 25.4 Å². The Morgan fingerprint density at radius 3 is 2.44 bits per heavy atom. The molecule has 1 aromatic carbocycles. The molecule has 25 heavy (non-hydrogen) atoms. The van der Waals surface area contributed by atoms with Crippen molar-refractivity contribution in [2.45, 2.75) is 38.5 Å². The Morgan fingerprint density at radius 1 is 1.16 bits per heavy atom. The van der Waals surface area contributed by atoms with Crippen LogP contribution in [0.1, 0.15) is 26.7 Å². The number of carbonyl (C=O) groups excluding carboxylic acids is 3. The van der Waals surface area contributed by atoms with E-state index in [1.54, 1.807) is 24.3 Å². The first-order valence-corrected chi connectivity index (χ1v) is 7.93. The van der Waals surface area contributed by atoms with E-state index in [4.69, 9.17) is 9.47 Å². The van der Waals surface area contributed by atoms with Crippen molar-refractivity contribution in [3.05, 3.63) is 36.0 Å². The predicted molar refractivity (Wildman–Crippen MR) is 89.6 cm³/mol. The molecule has 8 heteroatoms. The Hall–Kier alpha value is -3.03. The highest BCUT2D eigenvalue weighted by atomic mass is 16.7. The van der Waals surface area contributed by atoms with Crippen molar-refractivity contribution in [2.24, 2.45) is 0 Å². The maximum Gasteiger partial charge on any atom is 0.350 e. The lowest BCUT2D eigenvalue weighted by atomic mass is 10.2. The van der Waals surface area contributed by atoms with Gasteiger partial charge in [-0.25, -0.2) is 14.4 Å². The number of esters is 2. The third-order valence-electron chi connectivity index (χ3n) is 3.53. The Balaban J connectivity index is 1.64. The maximum absolute atomic E-state index is 11.9. The van der Waals surface area contributed by atoms with Crippen LogP contribution >= 0.6 is 0 Å². The van der Waals surface area contributed by atoms with E-state index in [1.807, 2.05) is 0 Å². The van der Waals surface area contributed by atoms with Crippen molar-refractivity contribution in [3.63, 3.8) is 0 Å². The Kier molecular flexibility index (Phi) is 4.35. The monoisotopic (exact) mass is 345 g/mol. The average molecular weight is 345 g/mol. The standard InChI is InChI=1S/C17H19N3O5/c1-17(2)24-14(21)13(15(22)25-17)9-18-11-4-3-5-12(8-11)20-16(23)19-10-6-7-10/h3-5,8-10,18H,6-7H2,1-2H3,(H2,19,20,23). The topological polar surface area (TPSA) is 106 Å². The lowest BCUT2D eigenvalue weighted by Crippen LogP contribution is -2.42. The van der Waals surface area contributed by atoms with E-state index in [9.17, 15) is 14.4 Å². The number of cyclic esters (lactones) is 2. The molecule has 1 aromatic rings. The summed E-state index contributed by atoms with van der Waals surface area (Å²) < 4.78 is 10.0. The van der Waals surface area contributed by atoms with Gasteiger partial charge in [-0.15, -0.1) is 0 Å². The van der Waals surface area contributed by atoms with Crippen LogP contribution < -0.4 is 16.0 Å². The quantitative estimate of drug-likeness (QED) is 0.438. The van der Waals surface area contributed by atoms with Gasteiger partial charge in [-0.2, -0.15) is 0 Å². The molecule has 0 atom stereocenters. The fourth-order valence-corrected chi connectivity index (χ4v) is 2.20. The first kappa shape index (κ1) is 16.8. The molecular formula is C17H19N3O5. The molecule has 0 bridgehead atoms. The van der Waals surface area contributed by atoms with E-state index in [2.05, 4.69) is 16.0 Å². The molecule has 3 N–H and O–H groups in total. The number of rotatable bonds is 4. The summed E-state index contributed by atoms with van der Waals surface area (Å²) >= 11 is 0. The number of benzene rings is 1. The van der Waals surface area contributed by atoms with Gasteiger partial charge in [0.1, 0.15) is 0 Å². The molecule has 2 fully saturated rings. The molecular weight excluding hydrogens is 326 g/mol. The van der Waals surface area contributed by atoms with Crippen LogP contribution in [-0.2, 0) is 19.1 Å². The molecule has 2 aliphatic rings. The number of anilines is 2. The van der Waals surface area contributed by atoms with Gasteiger partial charge >= 0.3 is 18.0 Å². The van der Waals surface area contributed by atoms with Gasteiger partial charge in [0, 0.05) is 37.5 Å². The number of hydrogen-bond donors (Lipinski definition) is 3. The normalized spacial score (nSPS) is 18.7. The van der Waals surface area contributed by atoms with Gasteiger partial charge in [0.2, 0.25) is 0 Å². The van der Waals surface area contributed by atoms with Gasteiger partial charge in [0.25, 0.3) is 5.79 Å². The van der Waals surface area contributed by atoms with Crippen LogP contribution in [0.15, 0.2) is 36.0 Å². The highest BCUT2D eigenvalue weighted by Crippen LogP contribution is 2.23. The number of nitrogens with one attached hydrogen (secondary N) is 3. The van der Waals surface area contributed by atoms with E-state index in [0.29, 0.717) is 11.4 Å². The molecule has 0 radical (unpaired) electrons. The highest BCUT2D eigenvalue weighted by molar-refractivity contribution is 6.15. The number of ether oxygens (including phenoxy) is 2. The number of hydrogen-bond acceptors (Lipinski definition) is 6. The molecule has 1 saturated heterocycles. The summed E-state index contributed by atoms with van der Waals surface area (Å²) in [6.07, 6.45) is 3.24. The van der Waals surface area contributed by atoms with Crippen LogP contribution in [0.4, 0.5) is 16.2 Å². The van der Waals surface area contributed by atoms with Crippen LogP contribution in [0, 0.1) is 0 Å². The van der Waals surface area contributed by atoms with Gasteiger partial charge in [0.15, 0.2) is 5.57 Å². The first-order chi connectivity index (χ1) is 11.8. The summed E-state index contributed by atoms with van der Waals surface area (Å²) in [4.78, 5) is 35.5. The van der Waals surface area contributed by atoms with Gasteiger partial charge in [-0.05, 0) is 31.0 Å². The summed E-state index contributed by atoms with van der Waals surface area (Å²) in [6, 6.07) is 6.86. The number of urea groups is 1. The minimum atomic E-state index is -1.27. The van der Waals surface area contributed by atoms with Crippen molar-refractivity contribution < 1.29 is 23.9 Å². The van der Waals surface area contributed by atoms with Gasteiger partial charge in [0.05, 0.1) is 0 Å². The van der Waals surface area contributed by atoms with E-state index in [0.717, 1.165) is 12.8 Å². The molecule has 1 aliphatic heterocycles. The third kappa shape index (κ3) is 4.50. The average Bonchev–Trinajstić information content (AvgIpc) is 3.29. The molecule has 1 heterocycles. The summed E-state index contributed by atoms with van der Waals surface area (Å²) in [7, 11) is 0. The van der Waals surface area contributed by atoms with Crippen LogP contribution in [0.25, 0.3) is 0 Å². The van der Waals surface area contributed by atoms with Crippen LogP contribution in [0.3, 0.4) is 0 Å². The first-order valence-electron chi connectivity index (χ1n) is 7.93. The lowest BCUT2D eigenvalue weighted by molar-refractivity contribution is -0.222. The minimum absolute atomic E-state index is 0.232. The predicted octanol–water partition coefficient (Wildman–Crippen LogP) is 2.10. The summed E-state index contributed by atoms with van der Waals surface area (Å²) in [5, 5.41) is 8.38. The van der Waals surface area contributed by atoms with E-state index < -0.39 is 17.7 Å². The molecule has 3 rings (SSSR count). The van der Waals surface area contributed by atoms with Crippen LogP contribution in [0.5, 0.6) is 0 Å². The highest BCUT2D eigenvalue weighted by Gasteiger charge is 2.38. The Labute approximate surface area is 144 Å². The van der Waals surface area contributed by atoms with Crippen LogP contribution in [0.2, 0.25) is 0 Å². The van der Waals surface area contributed by atoms with Crippen molar-refractivity contribution in [2.75, 3.05) is 10.6 Å². The zero-order valence-corrected chi connectivity index (χ0v) is 13.9. The molecule has 0 aromatic heterocycles. The minimum Gasteiger partial charge on any atom is -0.419 e. The molecule has 132 valence electrons. The van der Waals surface area contributed by atoms with Crippen molar-refractivity contribution in [1.29, 1.82) is 0 Å². The Morgan fingerprint density at radius 2 is 1.80 bits per heavy atom. The van der Waals surface area contributed by atoms with Gasteiger partial charge in [-0.1, -0.05) is 6.07 Å². The van der Waals surface area contributed by atoms with E-state index in [1.165, 1.54) is 20.0 Å². The van der Waals surface area contributed by atoms with Crippen LogP contribution in [-0.4, -0.2) is 29.8 Å². The van der Waals surface area contributed by atoms with Crippen molar-refractivity contribution in [1.82, 2.24) is 5.32 Å².